The molecular formula is C14H11BrN2. The van der Waals surface area contributed by atoms with Crippen LogP contribution in [0.15, 0.2) is 34.8 Å². The summed E-state index contributed by atoms with van der Waals surface area (Å²) in [6.07, 6.45) is 3.06. The standard InChI is InChI=1S/C14H11BrN2/c1-3-9-6-13-14(8(9)2)17-11-5-4-10(15)7-12(11)16-13/h4-7H,2-3H2,1H3. The van der Waals surface area contributed by atoms with E-state index in [1.807, 2.05) is 18.2 Å². The van der Waals surface area contributed by atoms with Crippen LogP contribution in [-0.4, -0.2) is 9.97 Å². The van der Waals surface area contributed by atoms with Crippen LogP contribution in [0, 0.1) is 0 Å². The number of nitrogens with zero attached hydrogens (tertiary/aromatic N) is 2. The van der Waals surface area contributed by atoms with Crippen LogP contribution in [0.1, 0.15) is 24.7 Å². The highest BCUT2D eigenvalue weighted by Gasteiger charge is 2.19. The molecule has 0 radical (unpaired) electrons. The molecule has 0 bridgehead atoms. The van der Waals surface area contributed by atoms with Gasteiger partial charge in [-0.2, -0.15) is 0 Å². The van der Waals surface area contributed by atoms with Crippen molar-refractivity contribution in [3.05, 3.63) is 46.2 Å². The molecule has 1 aliphatic carbocycles. The van der Waals surface area contributed by atoms with E-state index in [-0.39, 0.29) is 0 Å². The highest BCUT2D eigenvalue weighted by molar-refractivity contribution is 9.10. The Kier molecular flexibility index (Phi) is 2.37. The van der Waals surface area contributed by atoms with Gasteiger partial charge in [-0.3, -0.25) is 0 Å². The molecule has 2 nitrogen and oxygen atoms in total. The van der Waals surface area contributed by atoms with Crippen LogP contribution in [0.3, 0.4) is 0 Å². The normalized spacial score (nSPS) is 14.0. The molecule has 2 aromatic rings. The van der Waals surface area contributed by atoms with E-state index in [2.05, 4.69) is 45.5 Å². The minimum Gasteiger partial charge on any atom is -0.244 e. The van der Waals surface area contributed by atoms with Crippen molar-refractivity contribution in [2.45, 2.75) is 13.3 Å². The zero-order valence-corrected chi connectivity index (χ0v) is 11.1. The van der Waals surface area contributed by atoms with Gasteiger partial charge < -0.3 is 0 Å². The minimum absolute atomic E-state index is 0.916. The van der Waals surface area contributed by atoms with E-state index in [1.165, 1.54) is 5.57 Å². The van der Waals surface area contributed by atoms with E-state index in [1.54, 1.807) is 0 Å². The predicted molar refractivity (Wildman–Crippen MR) is 74.5 cm³/mol. The second kappa shape index (κ2) is 3.77. The van der Waals surface area contributed by atoms with Gasteiger partial charge in [0.1, 0.15) is 0 Å². The third-order valence-corrected chi connectivity index (χ3v) is 3.51. The number of fused-ring (bicyclic) bond motifs is 2. The van der Waals surface area contributed by atoms with Gasteiger partial charge in [-0.05, 0) is 41.8 Å². The first-order valence-corrected chi connectivity index (χ1v) is 6.36. The van der Waals surface area contributed by atoms with E-state index >= 15 is 0 Å². The fourth-order valence-corrected chi connectivity index (χ4v) is 2.43. The van der Waals surface area contributed by atoms with Crippen molar-refractivity contribution >= 4 is 38.6 Å². The Labute approximate surface area is 108 Å². The zero-order chi connectivity index (χ0) is 12.0. The van der Waals surface area contributed by atoms with Crippen molar-refractivity contribution in [1.29, 1.82) is 0 Å². The van der Waals surface area contributed by atoms with Gasteiger partial charge in [0.25, 0.3) is 0 Å². The fraction of sp³-hybridized carbons (Fsp3) is 0.143. The van der Waals surface area contributed by atoms with E-state index in [0.717, 1.165) is 38.9 Å². The Morgan fingerprint density at radius 1 is 1.24 bits per heavy atom. The quantitative estimate of drug-likeness (QED) is 0.785. The molecule has 3 rings (SSSR count). The second-order valence-corrected chi connectivity index (χ2v) is 5.01. The van der Waals surface area contributed by atoms with Crippen LogP contribution in [0.4, 0.5) is 0 Å². The lowest BCUT2D eigenvalue weighted by Gasteiger charge is -2.03. The fourth-order valence-electron chi connectivity index (χ4n) is 2.08. The molecular weight excluding hydrogens is 276 g/mol. The monoisotopic (exact) mass is 286 g/mol. The van der Waals surface area contributed by atoms with E-state index in [4.69, 9.17) is 0 Å². The van der Waals surface area contributed by atoms with E-state index < -0.39 is 0 Å². The molecule has 0 aliphatic heterocycles. The van der Waals surface area contributed by atoms with Crippen LogP contribution in [0.2, 0.25) is 0 Å². The van der Waals surface area contributed by atoms with Crippen LogP contribution in [0.25, 0.3) is 22.7 Å². The molecule has 17 heavy (non-hydrogen) atoms. The molecule has 1 heterocycles. The van der Waals surface area contributed by atoms with Crippen molar-refractivity contribution in [3.8, 4) is 0 Å². The minimum atomic E-state index is 0.916. The average Bonchev–Trinajstić information content (AvgIpc) is 2.63. The molecule has 0 saturated heterocycles. The number of rotatable bonds is 1. The maximum atomic E-state index is 4.64. The highest BCUT2D eigenvalue weighted by Crippen LogP contribution is 2.34. The molecule has 0 unspecified atom stereocenters. The molecule has 3 heteroatoms. The number of hydrogen-bond donors (Lipinski definition) is 0. The summed E-state index contributed by atoms with van der Waals surface area (Å²) in [5.41, 5.74) is 5.95. The molecule has 1 aromatic heterocycles. The Hall–Kier alpha value is -1.48. The van der Waals surface area contributed by atoms with Crippen molar-refractivity contribution < 1.29 is 0 Å². The maximum Gasteiger partial charge on any atom is 0.0963 e. The molecule has 0 saturated carbocycles. The summed E-state index contributed by atoms with van der Waals surface area (Å²) >= 11 is 3.45. The van der Waals surface area contributed by atoms with Crippen molar-refractivity contribution in [1.82, 2.24) is 9.97 Å². The Morgan fingerprint density at radius 2 is 2.06 bits per heavy atom. The van der Waals surface area contributed by atoms with E-state index in [0.29, 0.717) is 0 Å². The number of halogens is 1. The number of hydrogen-bond acceptors (Lipinski definition) is 2. The Balaban J connectivity index is 2.28. The maximum absolute atomic E-state index is 4.64. The van der Waals surface area contributed by atoms with Gasteiger partial charge >= 0.3 is 0 Å². The lowest BCUT2D eigenvalue weighted by molar-refractivity contribution is 1.17. The highest BCUT2D eigenvalue weighted by atomic mass is 79.9. The Bertz CT molecular complexity index is 671. The van der Waals surface area contributed by atoms with E-state index in [9.17, 15) is 0 Å². The molecule has 1 aromatic carbocycles. The first-order valence-electron chi connectivity index (χ1n) is 5.56. The van der Waals surface area contributed by atoms with Gasteiger partial charge in [-0.1, -0.05) is 29.4 Å². The van der Waals surface area contributed by atoms with Gasteiger partial charge in [-0.25, -0.2) is 9.97 Å². The van der Waals surface area contributed by atoms with Crippen LogP contribution in [0.5, 0.6) is 0 Å². The molecule has 0 spiro atoms. The molecule has 0 amide bonds. The van der Waals surface area contributed by atoms with Gasteiger partial charge in [0, 0.05) is 4.47 Å². The topological polar surface area (TPSA) is 25.8 Å². The predicted octanol–water partition coefficient (Wildman–Crippen LogP) is 4.21. The third kappa shape index (κ3) is 1.62. The lowest BCUT2D eigenvalue weighted by Crippen LogP contribution is -1.93. The van der Waals surface area contributed by atoms with Crippen LogP contribution in [-0.2, 0) is 0 Å². The molecule has 1 aliphatic rings. The summed E-state index contributed by atoms with van der Waals surface area (Å²) in [6.45, 7) is 6.22. The van der Waals surface area contributed by atoms with Gasteiger partial charge in [0.2, 0.25) is 0 Å². The second-order valence-electron chi connectivity index (χ2n) is 4.09. The summed E-state index contributed by atoms with van der Waals surface area (Å²) < 4.78 is 1.02. The average molecular weight is 287 g/mol. The van der Waals surface area contributed by atoms with Gasteiger partial charge in [0.05, 0.1) is 22.4 Å². The molecule has 0 fully saturated rings. The van der Waals surface area contributed by atoms with Gasteiger partial charge in [-0.15, -0.1) is 0 Å². The van der Waals surface area contributed by atoms with Crippen LogP contribution < -0.4 is 0 Å². The molecule has 84 valence electrons. The summed E-state index contributed by atoms with van der Waals surface area (Å²) in [5, 5.41) is 0. The summed E-state index contributed by atoms with van der Waals surface area (Å²) in [5.74, 6) is 0. The first-order chi connectivity index (χ1) is 8.19. The summed E-state index contributed by atoms with van der Waals surface area (Å²) in [4.78, 5) is 9.28. The van der Waals surface area contributed by atoms with Crippen LogP contribution >= 0.6 is 15.9 Å². The SMILES string of the molecule is C=C1C(CC)=Cc2nc3cc(Br)ccc3nc21. The number of benzene rings is 1. The number of allylic oxidation sites excluding steroid dienone is 2. The first kappa shape index (κ1) is 10.7. The smallest absolute Gasteiger partial charge is 0.0963 e. The van der Waals surface area contributed by atoms with Crippen molar-refractivity contribution in [2.24, 2.45) is 0 Å². The summed E-state index contributed by atoms with van der Waals surface area (Å²) in [7, 11) is 0. The largest absolute Gasteiger partial charge is 0.244 e. The van der Waals surface area contributed by atoms with Crippen molar-refractivity contribution in [3.63, 3.8) is 0 Å². The molecule has 0 atom stereocenters. The molecule has 0 N–H and O–H groups in total. The third-order valence-electron chi connectivity index (χ3n) is 3.02. The summed E-state index contributed by atoms with van der Waals surface area (Å²) in [6, 6.07) is 5.95. The number of aromatic nitrogens is 2. The lowest BCUT2D eigenvalue weighted by atomic mass is 10.1. The Morgan fingerprint density at radius 3 is 2.82 bits per heavy atom. The van der Waals surface area contributed by atoms with Gasteiger partial charge in [0.15, 0.2) is 0 Å². The zero-order valence-electron chi connectivity index (χ0n) is 9.50. The van der Waals surface area contributed by atoms with Crippen molar-refractivity contribution in [2.75, 3.05) is 0 Å².